The van der Waals surface area contributed by atoms with Crippen LogP contribution in [0, 0.1) is 0 Å². The van der Waals surface area contributed by atoms with Crippen LogP contribution in [0.4, 0.5) is 0 Å². The number of carbonyl (C=O) groups excluding carboxylic acids is 1. The molecular formula is C18H20N2O4S2. The number of thioether (sulfide) groups is 1. The minimum absolute atomic E-state index is 0.00956. The molecule has 0 aliphatic carbocycles. The molecule has 8 heteroatoms. The number of nitrogens with zero attached hydrogens (tertiary/aromatic N) is 1. The molecule has 1 aliphatic rings. The molecule has 26 heavy (non-hydrogen) atoms. The Kier molecular flexibility index (Phi) is 5.55. The van der Waals surface area contributed by atoms with E-state index in [1.54, 1.807) is 22.7 Å². The normalized spacial score (nSPS) is 17.3. The largest absolute Gasteiger partial charge is 0.457 e. The first-order chi connectivity index (χ1) is 12.4. The lowest BCUT2D eigenvalue weighted by Gasteiger charge is -2.23. The number of benzene rings is 2. The van der Waals surface area contributed by atoms with Crippen molar-refractivity contribution in [1.29, 1.82) is 0 Å². The Morgan fingerprint density at radius 3 is 2.58 bits per heavy atom. The highest BCUT2D eigenvalue weighted by Gasteiger charge is 2.28. The summed E-state index contributed by atoms with van der Waals surface area (Å²) in [5, 5.41) is 5.27. The highest BCUT2D eigenvalue weighted by atomic mass is 32.2. The molecule has 0 bridgehead atoms. The Morgan fingerprint density at radius 2 is 1.96 bits per heavy atom. The Bertz CT molecular complexity index is 898. The van der Waals surface area contributed by atoms with Gasteiger partial charge in [0.05, 0.1) is 10.9 Å². The average molecular weight is 393 g/mol. The quantitative estimate of drug-likeness (QED) is 0.602. The number of hydrogen-bond acceptors (Lipinski definition) is 5. The van der Waals surface area contributed by atoms with Crippen LogP contribution in [0.3, 0.4) is 0 Å². The molecule has 1 heterocycles. The SMILES string of the molecule is CSc1ccc(Oc2ccc(S(N)(=O)=O)cc2C2CCCN2C=O)cc1. The molecule has 0 saturated carbocycles. The Labute approximate surface area is 157 Å². The molecule has 0 radical (unpaired) electrons. The van der Waals surface area contributed by atoms with Gasteiger partial charge in [-0.3, -0.25) is 4.79 Å². The van der Waals surface area contributed by atoms with Crippen LogP contribution < -0.4 is 9.88 Å². The van der Waals surface area contributed by atoms with Gasteiger partial charge in [0, 0.05) is 17.0 Å². The fourth-order valence-electron chi connectivity index (χ4n) is 3.08. The number of sulfonamides is 1. The van der Waals surface area contributed by atoms with E-state index in [1.165, 1.54) is 12.1 Å². The third-order valence-corrected chi connectivity index (χ3v) is 6.04. The molecule has 0 spiro atoms. The number of amides is 1. The molecule has 1 saturated heterocycles. The van der Waals surface area contributed by atoms with Crippen molar-refractivity contribution in [1.82, 2.24) is 4.90 Å². The van der Waals surface area contributed by atoms with Crippen molar-refractivity contribution in [2.24, 2.45) is 5.14 Å². The number of primary sulfonamides is 1. The highest BCUT2D eigenvalue weighted by Crippen LogP contribution is 2.39. The second kappa shape index (κ2) is 7.69. The molecule has 1 aliphatic heterocycles. The van der Waals surface area contributed by atoms with Gasteiger partial charge in [-0.1, -0.05) is 0 Å². The van der Waals surface area contributed by atoms with Crippen molar-refractivity contribution < 1.29 is 17.9 Å². The van der Waals surface area contributed by atoms with E-state index in [1.807, 2.05) is 30.5 Å². The van der Waals surface area contributed by atoms with Gasteiger partial charge in [-0.15, -0.1) is 11.8 Å². The summed E-state index contributed by atoms with van der Waals surface area (Å²) >= 11 is 1.63. The van der Waals surface area contributed by atoms with Crippen molar-refractivity contribution in [3.63, 3.8) is 0 Å². The summed E-state index contributed by atoms with van der Waals surface area (Å²) in [4.78, 5) is 14.1. The second-order valence-corrected chi connectivity index (χ2v) is 8.46. The van der Waals surface area contributed by atoms with E-state index in [-0.39, 0.29) is 10.9 Å². The molecule has 1 fully saturated rings. The molecule has 3 rings (SSSR count). The van der Waals surface area contributed by atoms with Gasteiger partial charge in [0.25, 0.3) is 0 Å². The van der Waals surface area contributed by atoms with Crippen molar-refractivity contribution in [3.05, 3.63) is 48.0 Å². The molecular weight excluding hydrogens is 372 g/mol. The molecule has 1 unspecified atom stereocenters. The number of hydrogen-bond donors (Lipinski definition) is 1. The maximum atomic E-state index is 11.7. The topological polar surface area (TPSA) is 89.7 Å². The minimum atomic E-state index is -3.84. The molecule has 2 N–H and O–H groups in total. The summed E-state index contributed by atoms with van der Waals surface area (Å²) in [6.45, 7) is 0.635. The number of carbonyl (C=O) groups is 1. The zero-order valence-corrected chi connectivity index (χ0v) is 15.9. The Hall–Kier alpha value is -2.03. The maximum Gasteiger partial charge on any atom is 0.238 e. The molecule has 6 nitrogen and oxygen atoms in total. The zero-order valence-electron chi connectivity index (χ0n) is 14.3. The van der Waals surface area contributed by atoms with Crippen molar-refractivity contribution in [2.75, 3.05) is 12.8 Å². The number of rotatable bonds is 6. The van der Waals surface area contributed by atoms with Gasteiger partial charge >= 0.3 is 0 Å². The van der Waals surface area contributed by atoms with Crippen LogP contribution in [0.2, 0.25) is 0 Å². The standard InChI is InChI=1S/C18H20N2O4S2/c1-25-14-6-4-13(5-7-14)24-18-9-8-15(26(19,22)23)11-16(18)17-3-2-10-20(17)12-21/h4-9,11-12,17H,2-3,10H2,1H3,(H2,19,22,23). The maximum absolute atomic E-state index is 11.7. The van der Waals surface area contributed by atoms with E-state index in [9.17, 15) is 13.2 Å². The van der Waals surface area contributed by atoms with E-state index >= 15 is 0 Å². The van der Waals surface area contributed by atoms with Crippen LogP contribution in [-0.4, -0.2) is 32.5 Å². The van der Waals surface area contributed by atoms with Crippen LogP contribution in [-0.2, 0) is 14.8 Å². The fourth-order valence-corrected chi connectivity index (χ4v) is 4.03. The first-order valence-corrected chi connectivity index (χ1v) is 10.9. The summed E-state index contributed by atoms with van der Waals surface area (Å²) < 4.78 is 29.5. The predicted molar refractivity (Wildman–Crippen MR) is 101 cm³/mol. The van der Waals surface area contributed by atoms with Gasteiger partial charge in [0.1, 0.15) is 11.5 Å². The lowest BCUT2D eigenvalue weighted by Crippen LogP contribution is -2.22. The van der Waals surface area contributed by atoms with E-state index in [4.69, 9.17) is 9.88 Å². The minimum Gasteiger partial charge on any atom is -0.457 e. The fraction of sp³-hybridized carbons (Fsp3) is 0.278. The van der Waals surface area contributed by atoms with Gasteiger partial charge in [-0.05, 0) is 61.6 Å². The summed E-state index contributed by atoms with van der Waals surface area (Å²) in [6.07, 6.45) is 4.38. The van der Waals surface area contributed by atoms with E-state index < -0.39 is 10.0 Å². The third kappa shape index (κ3) is 4.03. The molecule has 2 aromatic rings. The van der Waals surface area contributed by atoms with Gasteiger partial charge in [-0.2, -0.15) is 0 Å². The summed E-state index contributed by atoms with van der Waals surface area (Å²) in [7, 11) is -3.84. The number of likely N-dealkylation sites (tertiary alicyclic amines) is 1. The molecule has 2 aromatic carbocycles. The summed E-state index contributed by atoms with van der Waals surface area (Å²) in [6, 6.07) is 11.9. The zero-order chi connectivity index (χ0) is 18.7. The number of nitrogens with two attached hydrogens (primary N) is 1. The lowest BCUT2D eigenvalue weighted by molar-refractivity contribution is -0.118. The molecule has 138 valence electrons. The Morgan fingerprint density at radius 1 is 1.23 bits per heavy atom. The second-order valence-electron chi connectivity index (χ2n) is 6.02. The van der Waals surface area contributed by atoms with Crippen molar-refractivity contribution in [3.8, 4) is 11.5 Å². The lowest BCUT2D eigenvalue weighted by atomic mass is 10.0. The monoisotopic (exact) mass is 392 g/mol. The summed E-state index contributed by atoms with van der Waals surface area (Å²) in [5.74, 6) is 1.16. The highest BCUT2D eigenvalue weighted by molar-refractivity contribution is 7.98. The third-order valence-electron chi connectivity index (χ3n) is 4.39. The first kappa shape index (κ1) is 18.8. The van der Waals surface area contributed by atoms with Gasteiger partial charge in [0.15, 0.2) is 0 Å². The van der Waals surface area contributed by atoms with E-state index in [2.05, 4.69) is 0 Å². The molecule has 1 amide bonds. The van der Waals surface area contributed by atoms with Crippen molar-refractivity contribution in [2.45, 2.75) is 28.7 Å². The van der Waals surface area contributed by atoms with Crippen LogP contribution >= 0.6 is 11.8 Å². The van der Waals surface area contributed by atoms with Crippen molar-refractivity contribution >= 4 is 28.2 Å². The van der Waals surface area contributed by atoms with E-state index in [0.29, 0.717) is 23.6 Å². The Balaban J connectivity index is 2.01. The van der Waals surface area contributed by atoms with Gasteiger partial charge < -0.3 is 9.64 Å². The van der Waals surface area contributed by atoms with Crippen LogP contribution in [0.25, 0.3) is 0 Å². The van der Waals surface area contributed by atoms with Crippen LogP contribution in [0.1, 0.15) is 24.4 Å². The van der Waals surface area contributed by atoms with Crippen LogP contribution in [0.5, 0.6) is 11.5 Å². The van der Waals surface area contributed by atoms with Gasteiger partial charge in [-0.25, -0.2) is 13.6 Å². The van der Waals surface area contributed by atoms with E-state index in [0.717, 1.165) is 24.1 Å². The smallest absolute Gasteiger partial charge is 0.238 e. The first-order valence-electron chi connectivity index (χ1n) is 8.12. The predicted octanol–water partition coefficient (Wildman–Crippen LogP) is 3.14. The van der Waals surface area contributed by atoms with Gasteiger partial charge in [0.2, 0.25) is 16.4 Å². The molecule has 0 aromatic heterocycles. The summed E-state index contributed by atoms with van der Waals surface area (Å²) in [5.41, 5.74) is 0.648. The number of ether oxygens (including phenoxy) is 1. The average Bonchev–Trinajstić information content (AvgIpc) is 3.10. The molecule has 1 atom stereocenters. The van der Waals surface area contributed by atoms with Crippen LogP contribution in [0.15, 0.2) is 52.3 Å².